The van der Waals surface area contributed by atoms with Crippen molar-refractivity contribution < 1.29 is 14.0 Å². The van der Waals surface area contributed by atoms with Gasteiger partial charge < -0.3 is 0 Å². The highest BCUT2D eigenvalue weighted by molar-refractivity contribution is 8.23. The highest BCUT2D eigenvalue weighted by atomic mass is 32.3. The second kappa shape index (κ2) is 3.85. The molecule has 1 aliphatic rings. The van der Waals surface area contributed by atoms with Crippen LogP contribution >= 0.6 is 10.8 Å². The fourth-order valence-electron chi connectivity index (χ4n) is 1.47. The lowest BCUT2D eigenvalue weighted by molar-refractivity contribution is -0.384. The van der Waals surface area contributed by atoms with E-state index >= 15 is 0 Å². The minimum absolute atomic E-state index is 0.00829. The number of hydrogen-bond donors (Lipinski definition) is 2. The van der Waals surface area contributed by atoms with Crippen molar-refractivity contribution in [1.82, 2.24) is 0 Å². The van der Waals surface area contributed by atoms with Crippen LogP contribution in [0.4, 0.5) is 5.69 Å². The van der Waals surface area contributed by atoms with Crippen molar-refractivity contribution in [1.29, 1.82) is 0 Å². The molecule has 0 aliphatic carbocycles. The summed E-state index contributed by atoms with van der Waals surface area (Å²) >= 11 is 0. The Morgan fingerprint density at radius 1 is 1.31 bits per heavy atom. The van der Waals surface area contributed by atoms with Gasteiger partial charge in [-0.25, -0.2) is 0 Å². The Morgan fingerprint density at radius 2 is 1.94 bits per heavy atom. The summed E-state index contributed by atoms with van der Waals surface area (Å²) in [6, 6.07) is 5.89. The Morgan fingerprint density at radius 3 is 2.38 bits per heavy atom. The van der Waals surface area contributed by atoms with E-state index in [9.17, 15) is 19.2 Å². The van der Waals surface area contributed by atoms with Gasteiger partial charge in [0, 0.05) is 18.6 Å². The van der Waals surface area contributed by atoms with Crippen molar-refractivity contribution in [2.45, 2.75) is 6.42 Å². The van der Waals surface area contributed by atoms with E-state index in [1.807, 2.05) is 0 Å². The van der Waals surface area contributed by atoms with Crippen molar-refractivity contribution in [3.8, 4) is 0 Å². The van der Waals surface area contributed by atoms with E-state index in [0.29, 0.717) is 17.7 Å². The summed E-state index contributed by atoms with van der Waals surface area (Å²) in [5.74, 6) is 0.235. The molecule has 1 aromatic carbocycles. The van der Waals surface area contributed by atoms with E-state index in [4.69, 9.17) is 0 Å². The summed E-state index contributed by atoms with van der Waals surface area (Å²) in [5, 5.41) is 10.4. The molecule has 0 saturated heterocycles. The van der Waals surface area contributed by atoms with Crippen LogP contribution < -0.4 is 0 Å². The van der Waals surface area contributed by atoms with Crippen molar-refractivity contribution >= 4 is 22.2 Å². The van der Waals surface area contributed by atoms with Gasteiger partial charge in [0.25, 0.3) is 5.69 Å². The zero-order chi connectivity index (χ0) is 11.8. The molecule has 86 valence electrons. The van der Waals surface area contributed by atoms with E-state index in [-0.39, 0.29) is 11.4 Å². The molecule has 7 heteroatoms. The number of rotatable bonds is 2. The topological polar surface area (TPSA) is 96.0 Å². The number of benzene rings is 1. The van der Waals surface area contributed by atoms with Gasteiger partial charge in [-0.1, -0.05) is 10.8 Å². The molecule has 0 amide bonds. The SMILES string of the molecule is O=[N+]([O-])c1ccc(C2=NS(O)(O)CC2)cc1. The Kier molecular flexibility index (Phi) is 2.66. The van der Waals surface area contributed by atoms with Crippen LogP contribution in [0.1, 0.15) is 12.0 Å². The minimum atomic E-state index is -2.82. The van der Waals surface area contributed by atoms with Crippen LogP contribution in [-0.4, -0.2) is 25.5 Å². The van der Waals surface area contributed by atoms with Crippen LogP contribution in [0.5, 0.6) is 0 Å². The largest absolute Gasteiger partial charge is 0.280 e. The summed E-state index contributed by atoms with van der Waals surface area (Å²) < 4.78 is 22.4. The monoisotopic (exact) mass is 242 g/mol. The number of nitro groups is 1. The van der Waals surface area contributed by atoms with E-state index in [1.165, 1.54) is 12.1 Å². The van der Waals surface area contributed by atoms with Crippen LogP contribution in [0.3, 0.4) is 0 Å². The number of hydrogen-bond acceptors (Lipinski definition) is 5. The minimum Gasteiger partial charge on any atom is -0.280 e. The first-order valence-corrected chi connectivity index (χ1v) is 6.25. The van der Waals surface area contributed by atoms with E-state index in [1.54, 1.807) is 12.1 Å². The smallest absolute Gasteiger partial charge is 0.269 e. The van der Waals surface area contributed by atoms with Gasteiger partial charge in [-0.3, -0.25) is 19.2 Å². The zero-order valence-corrected chi connectivity index (χ0v) is 9.05. The second-order valence-electron chi connectivity index (χ2n) is 3.43. The third-order valence-electron chi connectivity index (χ3n) is 2.28. The maximum absolute atomic E-state index is 10.4. The molecule has 0 spiro atoms. The third kappa shape index (κ3) is 2.21. The lowest BCUT2D eigenvalue weighted by atomic mass is 10.1. The molecule has 2 rings (SSSR count). The molecule has 2 N–H and O–H groups in total. The Balaban J connectivity index is 2.27. The molecule has 0 bridgehead atoms. The fourth-order valence-corrected chi connectivity index (χ4v) is 2.58. The van der Waals surface area contributed by atoms with Gasteiger partial charge in [-0.2, -0.15) is 4.40 Å². The maximum Gasteiger partial charge on any atom is 0.269 e. The molecule has 1 heterocycles. The normalized spacial score (nSPS) is 20.2. The predicted molar refractivity (Wildman–Crippen MR) is 62.0 cm³/mol. The van der Waals surface area contributed by atoms with Crippen molar-refractivity contribution in [3.05, 3.63) is 39.9 Å². The molecule has 0 saturated carbocycles. The zero-order valence-electron chi connectivity index (χ0n) is 8.24. The average molecular weight is 242 g/mol. The van der Waals surface area contributed by atoms with Crippen LogP contribution in [0, 0.1) is 10.1 Å². The second-order valence-corrected chi connectivity index (χ2v) is 5.28. The van der Waals surface area contributed by atoms with Crippen LogP contribution in [0.2, 0.25) is 0 Å². The van der Waals surface area contributed by atoms with Crippen molar-refractivity contribution in [2.24, 2.45) is 4.40 Å². The molecule has 1 aromatic rings. The van der Waals surface area contributed by atoms with Gasteiger partial charge in [-0.05, 0) is 17.7 Å². The molecular formula is C9H10N2O4S. The maximum atomic E-state index is 10.4. The Hall–Kier alpha value is -1.44. The van der Waals surface area contributed by atoms with Gasteiger partial charge in [0.15, 0.2) is 0 Å². The molecule has 1 aliphatic heterocycles. The standard InChI is InChI=1S/C9H10N2O4S/c12-11(13)8-3-1-7(2-4-8)9-5-6-16(14,15)10-9/h1-4,14-15H,5-6H2. The first-order valence-electron chi connectivity index (χ1n) is 4.57. The molecule has 0 radical (unpaired) electrons. The molecule has 0 fully saturated rings. The van der Waals surface area contributed by atoms with Gasteiger partial charge >= 0.3 is 0 Å². The van der Waals surface area contributed by atoms with Gasteiger partial charge in [0.2, 0.25) is 0 Å². The first kappa shape index (κ1) is 11.1. The number of non-ortho nitro benzene ring substituents is 1. The highest BCUT2D eigenvalue weighted by Gasteiger charge is 2.22. The van der Waals surface area contributed by atoms with Gasteiger partial charge in [-0.15, -0.1) is 0 Å². The summed E-state index contributed by atoms with van der Waals surface area (Å²) in [6.07, 6.45) is 0.486. The average Bonchev–Trinajstić information content (AvgIpc) is 2.59. The molecular weight excluding hydrogens is 232 g/mol. The fraction of sp³-hybridized carbons (Fsp3) is 0.222. The van der Waals surface area contributed by atoms with Crippen LogP contribution in [0.25, 0.3) is 0 Å². The van der Waals surface area contributed by atoms with Crippen LogP contribution in [-0.2, 0) is 0 Å². The quantitative estimate of drug-likeness (QED) is 0.615. The lowest BCUT2D eigenvalue weighted by Gasteiger charge is -2.20. The predicted octanol–water partition coefficient (Wildman–Crippen LogP) is 2.45. The van der Waals surface area contributed by atoms with E-state index < -0.39 is 15.7 Å². The highest BCUT2D eigenvalue weighted by Crippen LogP contribution is 2.46. The van der Waals surface area contributed by atoms with Crippen LogP contribution in [0.15, 0.2) is 28.7 Å². The van der Waals surface area contributed by atoms with Gasteiger partial charge in [0.05, 0.1) is 16.4 Å². The molecule has 6 nitrogen and oxygen atoms in total. The summed E-state index contributed by atoms with van der Waals surface area (Å²) in [4.78, 5) is 9.96. The number of nitro benzene ring substituents is 1. The molecule has 16 heavy (non-hydrogen) atoms. The van der Waals surface area contributed by atoms with E-state index in [0.717, 1.165) is 0 Å². The lowest BCUT2D eigenvalue weighted by Crippen LogP contribution is -1.97. The number of nitrogens with zero attached hydrogens (tertiary/aromatic N) is 2. The molecule has 0 atom stereocenters. The summed E-state index contributed by atoms with van der Waals surface area (Å²) in [5.41, 5.74) is 1.30. The van der Waals surface area contributed by atoms with Gasteiger partial charge in [0.1, 0.15) is 0 Å². The van der Waals surface area contributed by atoms with E-state index in [2.05, 4.69) is 4.40 Å². The third-order valence-corrected chi connectivity index (χ3v) is 3.55. The summed E-state index contributed by atoms with van der Waals surface area (Å²) in [7, 11) is -2.82. The molecule has 0 aromatic heterocycles. The summed E-state index contributed by atoms with van der Waals surface area (Å²) in [6.45, 7) is 0. The Labute approximate surface area is 93.3 Å². The Bertz CT molecular complexity index is 455. The van der Waals surface area contributed by atoms with Crippen molar-refractivity contribution in [2.75, 3.05) is 5.75 Å². The first-order chi connectivity index (χ1) is 7.48. The van der Waals surface area contributed by atoms with Crippen molar-refractivity contribution in [3.63, 3.8) is 0 Å². The molecule has 0 unspecified atom stereocenters.